The number of nitrogens with one attached hydrogen (secondary N) is 1. The van der Waals surface area contributed by atoms with Gasteiger partial charge in [0.2, 0.25) is 0 Å². The summed E-state index contributed by atoms with van der Waals surface area (Å²) in [5.41, 5.74) is -0.706. The molecule has 3 aromatic rings. The summed E-state index contributed by atoms with van der Waals surface area (Å²) in [6, 6.07) is 4.82. The largest absolute Gasteiger partial charge is 0.508 e. The lowest BCUT2D eigenvalue weighted by Gasteiger charge is -2.13. The maximum Gasteiger partial charge on any atom is 0.325 e. The fourth-order valence-electron chi connectivity index (χ4n) is 2.68. The van der Waals surface area contributed by atoms with Gasteiger partial charge in [-0.05, 0) is 25.1 Å². The smallest absolute Gasteiger partial charge is 0.325 e. The van der Waals surface area contributed by atoms with Crippen LogP contribution in [0.15, 0.2) is 29.1 Å². The molecule has 0 unspecified atom stereocenters. The molecule has 130 valence electrons. The summed E-state index contributed by atoms with van der Waals surface area (Å²) in [5, 5.41) is 31.8. The van der Waals surface area contributed by atoms with E-state index in [1.54, 1.807) is 12.1 Å². The summed E-state index contributed by atoms with van der Waals surface area (Å²) in [5.74, 6) is -2.83. The number of carbonyl (C=O) groups excluding carboxylic acids is 1. The number of nitrogens with zero attached hydrogens (tertiary/aromatic N) is 2. The molecule has 4 N–H and O–H groups in total. The van der Waals surface area contributed by atoms with Crippen molar-refractivity contribution in [2.24, 2.45) is 7.05 Å². The van der Waals surface area contributed by atoms with E-state index in [9.17, 15) is 24.6 Å². The summed E-state index contributed by atoms with van der Waals surface area (Å²) in [6.07, 6.45) is 0. The average molecular weight is 345 g/mol. The fourth-order valence-corrected chi connectivity index (χ4v) is 2.68. The van der Waals surface area contributed by atoms with E-state index < -0.39 is 34.8 Å². The minimum atomic E-state index is -1.27. The Morgan fingerprint density at radius 2 is 1.84 bits per heavy atom. The van der Waals surface area contributed by atoms with Crippen molar-refractivity contribution in [1.82, 2.24) is 14.5 Å². The van der Waals surface area contributed by atoms with Gasteiger partial charge >= 0.3 is 5.97 Å². The van der Waals surface area contributed by atoms with E-state index in [0.29, 0.717) is 10.9 Å². The van der Waals surface area contributed by atoms with Crippen LogP contribution in [0.5, 0.6) is 11.5 Å². The van der Waals surface area contributed by atoms with Crippen molar-refractivity contribution in [2.45, 2.75) is 13.0 Å². The number of amides is 1. The van der Waals surface area contributed by atoms with Crippen molar-refractivity contribution in [3.8, 4) is 11.5 Å². The third kappa shape index (κ3) is 2.45. The molecule has 1 atom stereocenters. The Bertz CT molecular complexity index is 1090. The Morgan fingerprint density at radius 1 is 1.16 bits per heavy atom. The Balaban J connectivity index is 2.29. The summed E-state index contributed by atoms with van der Waals surface area (Å²) in [6.45, 7) is 1.24. The van der Waals surface area contributed by atoms with Crippen molar-refractivity contribution < 1.29 is 24.9 Å². The van der Waals surface area contributed by atoms with Crippen LogP contribution in [0, 0.1) is 0 Å². The van der Waals surface area contributed by atoms with Gasteiger partial charge in [-0.25, -0.2) is 9.20 Å². The van der Waals surface area contributed by atoms with Crippen molar-refractivity contribution in [1.29, 1.82) is 0 Å². The van der Waals surface area contributed by atoms with Gasteiger partial charge < -0.3 is 20.6 Å². The Labute approximate surface area is 140 Å². The lowest BCUT2D eigenvalue weighted by molar-refractivity contribution is -0.138. The van der Waals surface area contributed by atoms with Crippen LogP contribution in [0.1, 0.15) is 17.3 Å². The molecule has 9 heteroatoms. The first-order chi connectivity index (χ1) is 11.7. The maximum atomic E-state index is 12.5. The zero-order valence-electron chi connectivity index (χ0n) is 13.3. The quantitative estimate of drug-likeness (QED) is 0.543. The monoisotopic (exact) mass is 345 g/mol. The highest BCUT2D eigenvalue weighted by atomic mass is 16.4. The van der Waals surface area contributed by atoms with Crippen molar-refractivity contribution in [2.75, 3.05) is 0 Å². The number of fused-ring (bicyclic) bond motifs is 3. The molecule has 2 aromatic heterocycles. The molecule has 0 radical (unpaired) electrons. The van der Waals surface area contributed by atoms with E-state index >= 15 is 0 Å². The fraction of sp³-hybridized carbons (Fsp3) is 0.188. The van der Waals surface area contributed by atoms with E-state index in [1.807, 2.05) is 0 Å². The van der Waals surface area contributed by atoms with E-state index in [2.05, 4.69) is 5.32 Å². The van der Waals surface area contributed by atoms with Gasteiger partial charge in [0.05, 0.1) is 5.52 Å². The number of carbonyl (C=O) groups is 2. The van der Waals surface area contributed by atoms with Crippen molar-refractivity contribution in [3.63, 3.8) is 0 Å². The minimum Gasteiger partial charge on any atom is -0.508 e. The number of phenolic OH excluding ortho intramolecular Hbond substituents is 1. The first kappa shape index (κ1) is 16.4. The zero-order valence-corrected chi connectivity index (χ0v) is 13.3. The molecule has 2 heterocycles. The van der Waals surface area contributed by atoms with Crippen LogP contribution in [0.2, 0.25) is 0 Å². The number of hydrogen-bond donors (Lipinski definition) is 4. The van der Waals surface area contributed by atoms with E-state index in [1.165, 1.54) is 30.6 Å². The average Bonchev–Trinajstić information content (AvgIpc) is 2.91. The number of aliphatic carboxylic acids is 1. The molecule has 1 amide bonds. The van der Waals surface area contributed by atoms with Crippen LogP contribution >= 0.6 is 0 Å². The standard InChI is InChI=1S/C16H15N3O6/c1-7(16(24)25)17-14(22)12-13(21)11-5-8-3-4-9(20)6-10(8)19(11)18(2)15(12)23/h3-7,20-21H,1-2H3,(H,17,22)(H,24,25)/t7-/m0/s1. The molecule has 0 fully saturated rings. The van der Waals surface area contributed by atoms with Crippen LogP contribution in [0.4, 0.5) is 0 Å². The summed E-state index contributed by atoms with van der Waals surface area (Å²) in [7, 11) is 1.40. The normalized spacial score (nSPS) is 12.4. The number of aromatic hydroxyl groups is 2. The van der Waals surface area contributed by atoms with Crippen LogP contribution < -0.4 is 10.9 Å². The number of carboxylic acids is 1. The second-order valence-corrected chi connectivity index (χ2v) is 5.67. The number of aromatic nitrogens is 2. The molecule has 0 spiro atoms. The summed E-state index contributed by atoms with van der Waals surface area (Å²) >= 11 is 0. The number of benzene rings is 1. The number of hydrogen-bond acceptors (Lipinski definition) is 5. The molecule has 25 heavy (non-hydrogen) atoms. The van der Waals surface area contributed by atoms with Gasteiger partial charge in [0.15, 0.2) is 5.75 Å². The molecule has 0 saturated carbocycles. The van der Waals surface area contributed by atoms with Gasteiger partial charge in [-0.3, -0.25) is 14.4 Å². The molecule has 0 saturated heterocycles. The highest BCUT2D eigenvalue weighted by Gasteiger charge is 2.25. The van der Waals surface area contributed by atoms with Gasteiger partial charge in [-0.15, -0.1) is 0 Å². The van der Waals surface area contributed by atoms with Gasteiger partial charge in [0.1, 0.15) is 22.9 Å². The van der Waals surface area contributed by atoms with Crippen LogP contribution in [0.25, 0.3) is 16.4 Å². The topological polar surface area (TPSA) is 133 Å². The highest BCUT2D eigenvalue weighted by molar-refractivity contribution is 6.01. The van der Waals surface area contributed by atoms with E-state index in [-0.39, 0.29) is 11.3 Å². The van der Waals surface area contributed by atoms with E-state index in [0.717, 1.165) is 4.68 Å². The first-order valence-corrected chi connectivity index (χ1v) is 7.32. The molecule has 9 nitrogen and oxygen atoms in total. The highest BCUT2D eigenvalue weighted by Crippen LogP contribution is 2.29. The number of phenols is 1. The van der Waals surface area contributed by atoms with Crippen LogP contribution in [0.3, 0.4) is 0 Å². The predicted molar refractivity (Wildman–Crippen MR) is 88.0 cm³/mol. The lowest BCUT2D eigenvalue weighted by Crippen LogP contribution is -2.41. The van der Waals surface area contributed by atoms with Gasteiger partial charge in [0.25, 0.3) is 11.5 Å². The van der Waals surface area contributed by atoms with Crippen LogP contribution in [-0.2, 0) is 11.8 Å². The minimum absolute atomic E-state index is 0.0171. The molecular formula is C16H15N3O6. The third-order valence-corrected chi connectivity index (χ3v) is 3.99. The first-order valence-electron chi connectivity index (χ1n) is 7.32. The maximum absolute atomic E-state index is 12.5. The number of aryl methyl sites for hydroxylation is 1. The molecule has 1 aromatic carbocycles. The number of carboxylic acid groups (broad SMARTS) is 1. The molecule has 3 rings (SSSR count). The second-order valence-electron chi connectivity index (χ2n) is 5.67. The Hall–Kier alpha value is -3.49. The molecule has 0 aliphatic heterocycles. The summed E-state index contributed by atoms with van der Waals surface area (Å²) in [4.78, 5) is 35.7. The summed E-state index contributed by atoms with van der Waals surface area (Å²) < 4.78 is 2.47. The third-order valence-electron chi connectivity index (χ3n) is 3.99. The SMILES string of the molecule is C[C@H](NC(=O)c1c(O)c2cc3ccc(O)cc3n2n(C)c1=O)C(=O)O. The van der Waals surface area contributed by atoms with E-state index in [4.69, 9.17) is 5.11 Å². The molecule has 0 bridgehead atoms. The van der Waals surface area contributed by atoms with Gasteiger partial charge in [-0.2, -0.15) is 0 Å². The van der Waals surface area contributed by atoms with Crippen molar-refractivity contribution >= 4 is 28.3 Å². The molecule has 0 aliphatic rings. The predicted octanol–water partition coefficient (Wildman–Crippen LogP) is 0.405. The van der Waals surface area contributed by atoms with Crippen molar-refractivity contribution in [3.05, 3.63) is 40.2 Å². The van der Waals surface area contributed by atoms with Gasteiger partial charge in [0, 0.05) is 18.5 Å². The zero-order chi connectivity index (χ0) is 18.5. The molecule has 0 aliphatic carbocycles. The lowest BCUT2D eigenvalue weighted by atomic mass is 10.2. The van der Waals surface area contributed by atoms with Crippen LogP contribution in [-0.4, -0.2) is 42.4 Å². The second kappa shape index (κ2) is 5.55. The van der Waals surface area contributed by atoms with Gasteiger partial charge in [-0.1, -0.05) is 0 Å². The Morgan fingerprint density at radius 3 is 2.48 bits per heavy atom. The number of rotatable bonds is 3. The molecular weight excluding hydrogens is 330 g/mol. The Kier molecular flexibility index (Phi) is 3.63.